The molecule has 1 amide bonds. The van der Waals surface area contributed by atoms with E-state index < -0.39 is 0 Å². The monoisotopic (exact) mass is 655 g/mol. The summed E-state index contributed by atoms with van der Waals surface area (Å²) in [6.45, 7) is 12.4. The first-order valence-corrected chi connectivity index (χ1v) is 15.5. The van der Waals surface area contributed by atoms with E-state index in [1.54, 1.807) is 0 Å². The number of carbonyl (C=O) groups excluding carboxylic acids is 1. The second-order valence-corrected chi connectivity index (χ2v) is 8.82. The van der Waals surface area contributed by atoms with Crippen molar-refractivity contribution in [2.24, 2.45) is 5.73 Å². The molecule has 0 radical (unpaired) electrons. The van der Waals surface area contributed by atoms with Crippen LogP contribution in [0.15, 0.2) is 0 Å². The zero-order valence-electron chi connectivity index (χ0n) is 27.0. The van der Waals surface area contributed by atoms with Crippen LogP contribution in [-0.2, 0) is 66.4 Å². The maximum absolute atomic E-state index is 10.5. The highest BCUT2D eigenvalue weighted by Crippen LogP contribution is 1.88. The van der Waals surface area contributed by atoms with Gasteiger partial charge in [-0.15, -0.1) is 6.42 Å². The van der Waals surface area contributed by atoms with E-state index >= 15 is 0 Å². The third-order valence-corrected chi connectivity index (χ3v) is 5.14. The smallest absolute Gasteiger partial charge is 0.219 e. The highest BCUT2D eigenvalue weighted by atomic mass is 16.6. The van der Waals surface area contributed by atoms with Gasteiger partial charge in [0, 0.05) is 6.42 Å². The van der Waals surface area contributed by atoms with Crippen LogP contribution in [0, 0.1) is 12.3 Å². The minimum absolute atomic E-state index is 0.218. The van der Waals surface area contributed by atoms with Gasteiger partial charge in [0.15, 0.2) is 0 Å². The molecule has 15 heteroatoms. The average molecular weight is 656 g/mol. The Morgan fingerprint density at radius 3 is 0.711 bits per heavy atom. The van der Waals surface area contributed by atoms with Crippen molar-refractivity contribution in [3.8, 4) is 12.3 Å². The lowest BCUT2D eigenvalue weighted by Gasteiger charge is -2.09. The molecule has 0 saturated carbocycles. The van der Waals surface area contributed by atoms with Crippen LogP contribution >= 0.6 is 0 Å². The van der Waals surface area contributed by atoms with Crippen molar-refractivity contribution in [1.82, 2.24) is 0 Å². The Labute approximate surface area is 268 Å². The van der Waals surface area contributed by atoms with Crippen LogP contribution < -0.4 is 5.73 Å². The molecule has 45 heavy (non-hydrogen) atoms. The van der Waals surface area contributed by atoms with Crippen LogP contribution in [0.3, 0.4) is 0 Å². The first kappa shape index (κ1) is 43.5. The van der Waals surface area contributed by atoms with Gasteiger partial charge in [0.1, 0.15) is 6.61 Å². The van der Waals surface area contributed by atoms with Gasteiger partial charge in [-0.1, -0.05) is 5.92 Å². The predicted molar refractivity (Wildman–Crippen MR) is 163 cm³/mol. The van der Waals surface area contributed by atoms with Crippen molar-refractivity contribution in [2.45, 2.75) is 6.42 Å². The number of hydrogen-bond donors (Lipinski definition) is 1. The molecule has 0 aliphatic rings. The Kier molecular flexibility index (Phi) is 39.2. The van der Waals surface area contributed by atoms with Crippen molar-refractivity contribution >= 4 is 5.91 Å². The summed E-state index contributed by atoms with van der Waals surface area (Å²) >= 11 is 0. The summed E-state index contributed by atoms with van der Waals surface area (Å²) in [6.07, 6.45) is 5.29. The topological polar surface area (TPSA) is 163 Å². The minimum atomic E-state index is -0.376. The van der Waals surface area contributed by atoms with E-state index in [9.17, 15) is 4.79 Å². The van der Waals surface area contributed by atoms with E-state index in [-0.39, 0.29) is 12.3 Å². The lowest BCUT2D eigenvalue weighted by atomic mass is 10.4. The summed E-state index contributed by atoms with van der Waals surface area (Å²) in [6, 6.07) is 0. The second kappa shape index (κ2) is 40.5. The average Bonchev–Trinajstić information content (AvgIpc) is 3.03. The Morgan fingerprint density at radius 2 is 0.533 bits per heavy atom. The quantitative estimate of drug-likeness (QED) is 0.0677. The van der Waals surface area contributed by atoms with Gasteiger partial charge in [-0.2, -0.15) is 0 Å². The molecule has 0 aromatic heterocycles. The highest BCUT2D eigenvalue weighted by molar-refractivity contribution is 5.73. The lowest BCUT2D eigenvalue weighted by molar-refractivity contribution is -0.119. The fourth-order valence-corrected chi connectivity index (χ4v) is 2.94. The second-order valence-electron chi connectivity index (χ2n) is 8.82. The summed E-state index contributed by atoms with van der Waals surface area (Å²) < 4.78 is 69.9. The van der Waals surface area contributed by atoms with Gasteiger partial charge in [-0.05, 0) is 0 Å². The summed E-state index contributed by atoms with van der Waals surface area (Å²) in [5, 5.41) is 0. The van der Waals surface area contributed by atoms with Crippen molar-refractivity contribution < 1.29 is 66.4 Å². The predicted octanol–water partition coefficient (Wildman–Crippen LogP) is -0.289. The number of rotatable bonds is 40. The molecule has 0 fully saturated rings. The SMILES string of the molecule is C#CCOCCOCCOCCOCCOCCOCCOCCOCCOCCOCCOCCOCCOCCC(N)=O. The number of hydrogen-bond acceptors (Lipinski definition) is 14. The zero-order valence-corrected chi connectivity index (χ0v) is 27.0. The third-order valence-electron chi connectivity index (χ3n) is 5.14. The standard InChI is InChI=1S/C30H57NO14/c1-2-4-33-6-8-35-10-12-37-14-16-39-18-20-41-22-24-43-26-28-45-29-27-44-25-23-42-21-19-40-17-15-38-13-11-36-9-7-34-5-3-30(31)32/h1H,3-29H2,(H2,31,32). The number of amides is 1. The Balaban J connectivity index is 3.04. The molecule has 0 aliphatic carbocycles. The summed E-state index contributed by atoms with van der Waals surface area (Å²) in [5.41, 5.74) is 5.01. The molecule has 0 rings (SSSR count). The fraction of sp³-hybridized carbons (Fsp3) is 0.900. The van der Waals surface area contributed by atoms with Crippen molar-refractivity contribution in [3.05, 3.63) is 0 Å². The summed E-state index contributed by atoms with van der Waals surface area (Å²) in [4.78, 5) is 10.5. The number of primary amides is 1. The van der Waals surface area contributed by atoms with Crippen molar-refractivity contribution in [1.29, 1.82) is 0 Å². The van der Waals surface area contributed by atoms with Crippen LogP contribution in [0.25, 0.3) is 0 Å². The summed E-state index contributed by atoms with van der Waals surface area (Å²) in [7, 11) is 0. The fourth-order valence-electron chi connectivity index (χ4n) is 2.94. The van der Waals surface area contributed by atoms with Crippen LogP contribution in [0.5, 0.6) is 0 Å². The van der Waals surface area contributed by atoms with Gasteiger partial charge < -0.3 is 67.3 Å². The molecule has 0 atom stereocenters. The third kappa shape index (κ3) is 42.5. The molecule has 15 nitrogen and oxygen atoms in total. The van der Waals surface area contributed by atoms with Gasteiger partial charge in [0.25, 0.3) is 0 Å². The van der Waals surface area contributed by atoms with Crippen LogP contribution in [-0.4, -0.2) is 178 Å². The van der Waals surface area contributed by atoms with Gasteiger partial charge in [0.2, 0.25) is 5.91 Å². The van der Waals surface area contributed by atoms with Gasteiger partial charge in [-0.3, -0.25) is 4.79 Å². The maximum atomic E-state index is 10.5. The molecule has 0 heterocycles. The Morgan fingerprint density at radius 1 is 0.356 bits per heavy atom. The van der Waals surface area contributed by atoms with Gasteiger partial charge in [-0.25, -0.2) is 0 Å². The Hall–Kier alpha value is -1.49. The molecule has 0 saturated heterocycles. The van der Waals surface area contributed by atoms with Crippen molar-refractivity contribution in [2.75, 3.05) is 172 Å². The number of ether oxygens (including phenoxy) is 13. The minimum Gasteiger partial charge on any atom is -0.379 e. The lowest BCUT2D eigenvalue weighted by Crippen LogP contribution is -2.16. The van der Waals surface area contributed by atoms with E-state index in [1.165, 1.54) is 0 Å². The zero-order chi connectivity index (χ0) is 32.6. The number of carbonyl (C=O) groups is 1. The molecular weight excluding hydrogens is 598 g/mol. The molecule has 0 aliphatic heterocycles. The molecule has 2 N–H and O–H groups in total. The normalized spacial score (nSPS) is 11.3. The van der Waals surface area contributed by atoms with Gasteiger partial charge in [0.05, 0.1) is 165 Å². The largest absolute Gasteiger partial charge is 0.379 e. The highest BCUT2D eigenvalue weighted by Gasteiger charge is 1.97. The first-order valence-electron chi connectivity index (χ1n) is 15.5. The maximum Gasteiger partial charge on any atom is 0.219 e. The molecule has 0 unspecified atom stereocenters. The van der Waals surface area contributed by atoms with Crippen LogP contribution in [0.4, 0.5) is 0 Å². The number of terminal acetylenes is 1. The molecule has 0 spiro atoms. The van der Waals surface area contributed by atoms with E-state index in [2.05, 4.69) is 5.92 Å². The van der Waals surface area contributed by atoms with E-state index in [4.69, 9.17) is 73.7 Å². The van der Waals surface area contributed by atoms with Crippen molar-refractivity contribution in [3.63, 3.8) is 0 Å². The molecule has 266 valence electrons. The number of nitrogens with two attached hydrogens (primary N) is 1. The first-order chi connectivity index (χ1) is 22.3. The van der Waals surface area contributed by atoms with E-state index in [0.717, 1.165) is 0 Å². The molecular formula is C30H57NO14. The molecule has 0 bridgehead atoms. The molecule has 0 aromatic carbocycles. The summed E-state index contributed by atoms with van der Waals surface area (Å²) in [5.74, 6) is 2.02. The van der Waals surface area contributed by atoms with Crippen LogP contribution in [0.2, 0.25) is 0 Å². The van der Waals surface area contributed by atoms with Crippen LogP contribution in [0.1, 0.15) is 6.42 Å². The van der Waals surface area contributed by atoms with Gasteiger partial charge >= 0.3 is 0 Å². The Bertz CT molecular complexity index is 626. The van der Waals surface area contributed by atoms with E-state index in [1.807, 2.05) is 0 Å². The van der Waals surface area contributed by atoms with E-state index in [0.29, 0.717) is 172 Å². The molecule has 0 aromatic rings.